The van der Waals surface area contributed by atoms with Crippen LogP contribution < -0.4 is 16.0 Å². The Bertz CT molecular complexity index is 1080. The van der Waals surface area contributed by atoms with Crippen molar-refractivity contribution in [3.8, 4) is 11.3 Å². The number of nitrogens with one attached hydrogen (secondary N) is 1. The number of halogens is 1. The van der Waals surface area contributed by atoms with Gasteiger partial charge in [0.05, 0.1) is 29.5 Å². The number of carbonyl (C=O) groups excluding carboxylic acids is 1. The van der Waals surface area contributed by atoms with E-state index in [0.717, 1.165) is 49.4 Å². The molecule has 1 aliphatic carbocycles. The fourth-order valence-corrected chi connectivity index (χ4v) is 3.95. The van der Waals surface area contributed by atoms with Gasteiger partial charge in [-0.1, -0.05) is 19.3 Å². The first-order chi connectivity index (χ1) is 15.0. The number of amides is 2. The normalized spacial score (nSPS) is 14.3. The molecule has 0 spiro atoms. The third kappa shape index (κ3) is 4.79. The van der Waals surface area contributed by atoms with Crippen LogP contribution in [0.3, 0.4) is 0 Å². The van der Waals surface area contributed by atoms with Crippen molar-refractivity contribution in [1.29, 1.82) is 0 Å². The zero-order valence-electron chi connectivity index (χ0n) is 17.4. The molecule has 0 aromatic carbocycles. The van der Waals surface area contributed by atoms with E-state index in [4.69, 9.17) is 10.7 Å². The Morgan fingerprint density at radius 3 is 2.61 bits per heavy atom. The van der Waals surface area contributed by atoms with Crippen LogP contribution in [0.5, 0.6) is 0 Å². The van der Waals surface area contributed by atoms with Crippen LogP contribution in [0, 0.1) is 12.7 Å². The van der Waals surface area contributed by atoms with Crippen molar-refractivity contribution in [1.82, 2.24) is 15.0 Å². The molecular formula is C23H25FN6O. The average molecular weight is 420 g/mol. The van der Waals surface area contributed by atoms with E-state index in [9.17, 15) is 9.18 Å². The Hall–Kier alpha value is -3.55. The van der Waals surface area contributed by atoms with Crippen LogP contribution in [0.25, 0.3) is 11.3 Å². The van der Waals surface area contributed by atoms with Gasteiger partial charge in [-0.05, 0) is 43.5 Å². The van der Waals surface area contributed by atoms with Gasteiger partial charge in [-0.2, -0.15) is 0 Å². The number of aromatic nitrogens is 3. The van der Waals surface area contributed by atoms with Gasteiger partial charge in [-0.3, -0.25) is 14.9 Å². The van der Waals surface area contributed by atoms with Crippen LogP contribution in [0.2, 0.25) is 0 Å². The van der Waals surface area contributed by atoms with E-state index in [0.29, 0.717) is 17.2 Å². The summed E-state index contributed by atoms with van der Waals surface area (Å²) in [5.74, 6) is -0.124. The van der Waals surface area contributed by atoms with Gasteiger partial charge in [-0.25, -0.2) is 14.2 Å². The van der Waals surface area contributed by atoms with Crippen molar-refractivity contribution in [3.05, 3.63) is 60.4 Å². The summed E-state index contributed by atoms with van der Waals surface area (Å²) in [6.45, 7) is 1.96. The lowest BCUT2D eigenvalue weighted by molar-refractivity contribution is 0.252. The summed E-state index contributed by atoms with van der Waals surface area (Å²) >= 11 is 0. The van der Waals surface area contributed by atoms with Crippen molar-refractivity contribution in [2.45, 2.75) is 45.1 Å². The number of hydrogen-bond donors (Lipinski definition) is 2. The largest absolute Gasteiger partial charge is 0.396 e. The second kappa shape index (κ2) is 9.07. The highest BCUT2D eigenvalue weighted by Crippen LogP contribution is 2.32. The highest BCUT2D eigenvalue weighted by Gasteiger charge is 2.30. The highest BCUT2D eigenvalue weighted by atomic mass is 19.1. The molecule has 1 aliphatic rings. The molecule has 3 aromatic heterocycles. The van der Waals surface area contributed by atoms with Crippen molar-refractivity contribution >= 4 is 23.2 Å². The Balaban J connectivity index is 1.72. The zero-order chi connectivity index (χ0) is 21.8. The summed E-state index contributed by atoms with van der Waals surface area (Å²) in [4.78, 5) is 27.7. The summed E-state index contributed by atoms with van der Waals surface area (Å²) in [6.07, 6.45) is 10.9. The SMILES string of the molecule is Cc1cncc(-c2ccc(N)c(N(C(=O)Nc3cncc(F)c3)C3CCCCC3)n2)c1. The fraction of sp³-hybridized carbons (Fsp3) is 0.304. The highest BCUT2D eigenvalue weighted by molar-refractivity contribution is 6.03. The Morgan fingerprint density at radius 1 is 1.10 bits per heavy atom. The summed E-state index contributed by atoms with van der Waals surface area (Å²) < 4.78 is 13.6. The molecular weight excluding hydrogens is 395 g/mol. The maximum atomic E-state index is 13.6. The van der Waals surface area contributed by atoms with E-state index < -0.39 is 11.8 Å². The van der Waals surface area contributed by atoms with Crippen LogP contribution in [0.15, 0.2) is 49.1 Å². The smallest absolute Gasteiger partial charge is 0.327 e. The van der Waals surface area contributed by atoms with Gasteiger partial charge in [0, 0.05) is 30.1 Å². The van der Waals surface area contributed by atoms with E-state index in [-0.39, 0.29) is 11.7 Å². The molecule has 3 N–H and O–H groups in total. The van der Waals surface area contributed by atoms with Gasteiger partial charge in [0.2, 0.25) is 0 Å². The zero-order valence-corrected chi connectivity index (χ0v) is 17.4. The first-order valence-corrected chi connectivity index (χ1v) is 10.4. The maximum absolute atomic E-state index is 13.6. The monoisotopic (exact) mass is 420 g/mol. The molecule has 3 heterocycles. The molecule has 0 unspecified atom stereocenters. The van der Waals surface area contributed by atoms with Crippen LogP contribution in [0.1, 0.15) is 37.7 Å². The first kappa shape index (κ1) is 20.7. The third-order valence-electron chi connectivity index (χ3n) is 5.42. The molecule has 160 valence electrons. The van der Waals surface area contributed by atoms with E-state index >= 15 is 0 Å². The molecule has 2 amide bonds. The molecule has 0 atom stereocenters. The van der Waals surface area contributed by atoms with Crippen LogP contribution in [-0.4, -0.2) is 27.0 Å². The lowest BCUT2D eigenvalue weighted by atomic mass is 9.94. The minimum atomic E-state index is -0.520. The summed E-state index contributed by atoms with van der Waals surface area (Å²) in [7, 11) is 0. The second-order valence-corrected chi connectivity index (χ2v) is 7.84. The number of nitrogens with zero attached hydrogens (tertiary/aromatic N) is 4. The number of anilines is 3. The molecule has 1 saturated carbocycles. The van der Waals surface area contributed by atoms with Crippen molar-refractivity contribution in [2.75, 3.05) is 16.0 Å². The molecule has 0 saturated heterocycles. The number of hydrogen-bond acceptors (Lipinski definition) is 5. The minimum absolute atomic E-state index is 0.0454. The Labute approximate surface area is 180 Å². The lowest BCUT2D eigenvalue weighted by Gasteiger charge is -2.34. The third-order valence-corrected chi connectivity index (χ3v) is 5.42. The van der Waals surface area contributed by atoms with Crippen molar-refractivity contribution in [2.24, 2.45) is 0 Å². The van der Waals surface area contributed by atoms with Crippen LogP contribution in [0.4, 0.5) is 26.4 Å². The number of nitrogens with two attached hydrogens (primary N) is 1. The molecule has 0 bridgehead atoms. The van der Waals surface area contributed by atoms with E-state index in [1.807, 2.05) is 19.1 Å². The number of nitrogen functional groups attached to an aromatic ring is 1. The Morgan fingerprint density at radius 2 is 1.87 bits per heavy atom. The van der Waals surface area contributed by atoms with E-state index in [2.05, 4.69) is 15.3 Å². The summed E-state index contributed by atoms with van der Waals surface area (Å²) in [5, 5.41) is 2.75. The minimum Gasteiger partial charge on any atom is -0.396 e. The lowest BCUT2D eigenvalue weighted by Crippen LogP contribution is -2.45. The van der Waals surface area contributed by atoms with Crippen LogP contribution in [-0.2, 0) is 0 Å². The van der Waals surface area contributed by atoms with Crippen molar-refractivity contribution in [3.63, 3.8) is 0 Å². The molecule has 31 heavy (non-hydrogen) atoms. The molecule has 0 aliphatic heterocycles. The number of rotatable bonds is 4. The quantitative estimate of drug-likeness (QED) is 0.623. The van der Waals surface area contributed by atoms with Gasteiger partial charge < -0.3 is 11.1 Å². The van der Waals surface area contributed by atoms with E-state index in [1.54, 1.807) is 23.4 Å². The number of urea groups is 1. The topological polar surface area (TPSA) is 97.0 Å². The second-order valence-electron chi connectivity index (χ2n) is 7.84. The molecule has 3 aromatic rings. The summed E-state index contributed by atoms with van der Waals surface area (Å²) in [6, 6.07) is 6.35. The molecule has 4 rings (SSSR count). The molecule has 8 heteroatoms. The molecule has 7 nitrogen and oxygen atoms in total. The maximum Gasteiger partial charge on any atom is 0.327 e. The van der Waals surface area contributed by atoms with Gasteiger partial charge in [0.1, 0.15) is 5.82 Å². The van der Waals surface area contributed by atoms with Crippen molar-refractivity contribution < 1.29 is 9.18 Å². The Kier molecular flexibility index (Phi) is 6.06. The standard InChI is InChI=1S/C23H25FN6O/c1-15-9-16(12-26-11-15)21-8-7-20(25)22(29-21)30(19-5-3-2-4-6-19)23(31)28-18-10-17(24)13-27-14-18/h7-14,19H,2-6,25H2,1H3,(H,28,31). The fourth-order valence-electron chi connectivity index (χ4n) is 3.95. The van der Waals surface area contributed by atoms with Gasteiger partial charge in [0.15, 0.2) is 5.82 Å². The van der Waals surface area contributed by atoms with Gasteiger partial charge in [0.25, 0.3) is 0 Å². The van der Waals surface area contributed by atoms with Gasteiger partial charge >= 0.3 is 6.03 Å². The molecule has 1 fully saturated rings. The number of carbonyl (C=O) groups is 1. The summed E-state index contributed by atoms with van der Waals surface area (Å²) in [5.41, 5.74) is 9.52. The predicted molar refractivity (Wildman–Crippen MR) is 119 cm³/mol. The number of aryl methyl sites for hydroxylation is 1. The van der Waals surface area contributed by atoms with E-state index in [1.165, 1.54) is 12.3 Å². The predicted octanol–water partition coefficient (Wildman–Crippen LogP) is 4.94. The molecule has 0 radical (unpaired) electrons. The average Bonchev–Trinajstić information content (AvgIpc) is 2.76. The van der Waals surface area contributed by atoms with Gasteiger partial charge in [-0.15, -0.1) is 0 Å². The first-order valence-electron chi connectivity index (χ1n) is 10.4. The number of pyridine rings is 3. The van der Waals surface area contributed by atoms with Crippen LogP contribution >= 0.6 is 0 Å².